The molecule has 3 nitrogen and oxygen atoms in total. The summed E-state index contributed by atoms with van der Waals surface area (Å²) in [5.74, 6) is 6.78. The van der Waals surface area contributed by atoms with Gasteiger partial charge in [-0.25, -0.2) is 0 Å². The van der Waals surface area contributed by atoms with Crippen molar-refractivity contribution in [3.05, 3.63) is 95.6 Å². The van der Waals surface area contributed by atoms with Gasteiger partial charge in [-0.3, -0.25) is 4.79 Å². The molecular formula is C34H39FGeIrNO2-. The van der Waals surface area contributed by atoms with Crippen molar-refractivity contribution in [3.8, 4) is 22.4 Å². The third-order valence-corrected chi connectivity index (χ3v) is 10.8. The quantitative estimate of drug-likeness (QED) is 0.0978. The number of aromatic nitrogens is 1. The number of hydrogen-bond donors (Lipinski definition) is 1. The minimum absolute atomic E-state index is 0. The number of rotatable bonds is 4. The van der Waals surface area contributed by atoms with Crippen LogP contribution in [0.3, 0.4) is 0 Å². The largest absolute Gasteiger partial charge is 0 e. The van der Waals surface area contributed by atoms with Gasteiger partial charge in [0.1, 0.15) is 0 Å². The fraction of sp³-hybridized carbons (Fsp3) is 0.294. The van der Waals surface area contributed by atoms with Gasteiger partial charge in [0.15, 0.2) is 5.78 Å². The zero-order valence-corrected chi connectivity index (χ0v) is 29.4. The Labute approximate surface area is 254 Å². The maximum absolute atomic E-state index is 14.9. The normalized spacial score (nSPS) is 11.9. The molecular weight excluding hydrogens is 738 g/mol. The smallest absolute Gasteiger partial charge is 0 e. The van der Waals surface area contributed by atoms with E-state index in [0.717, 1.165) is 27.8 Å². The first-order valence-corrected chi connectivity index (χ1v) is 20.5. The summed E-state index contributed by atoms with van der Waals surface area (Å²) in [4.78, 5) is 14.5. The number of pyridine rings is 1. The number of nitrogens with zero attached hydrogens (tertiary/aromatic N) is 1. The Bertz CT molecular complexity index is 1540. The first-order chi connectivity index (χ1) is 18.1. The molecule has 0 unspecified atom stereocenters. The summed E-state index contributed by atoms with van der Waals surface area (Å²) in [7, 11) is 0. The third-order valence-electron chi connectivity index (χ3n) is 6.51. The Morgan fingerprint density at radius 1 is 1.00 bits per heavy atom. The molecule has 0 saturated heterocycles. The average molecular weight is 778 g/mol. The zero-order chi connectivity index (χ0) is 29.1. The van der Waals surface area contributed by atoms with Crippen LogP contribution in [0.5, 0.6) is 0 Å². The molecule has 0 amide bonds. The van der Waals surface area contributed by atoms with Crippen molar-refractivity contribution >= 4 is 34.2 Å². The van der Waals surface area contributed by atoms with Crippen molar-refractivity contribution < 1.29 is 34.4 Å². The molecule has 3 aromatic carbocycles. The van der Waals surface area contributed by atoms with Crippen molar-refractivity contribution in [1.82, 2.24) is 4.98 Å². The van der Waals surface area contributed by atoms with E-state index in [9.17, 15) is 9.18 Å². The van der Waals surface area contributed by atoms with E-state index in [4.69, 9.17) is 5.11 Å². The summed E-state index contributed by atoms with van der Waals surface area (Å²) in [5, 5.41) is 10.6. The van der Waals surface area contributed by atoms with Gasteiger partial charge in [0.05, 0.1) is 5.76 Å². The number of halogens is 1. The van der Waals surface area contributed by atoms with E-state index in [2.05, 4.69) is 98.5 Å². The van der Waals surface area contributed by atoms with Crippen LogP contribution in [0.1, 0.15) is 45.7 Å². The molecule has 6 heteroatoms. The van der Waals surface area contributed by atoms with Crippen molar-refractivity contribution in [1.29, 1.82) is 0 Å². The SMILES string of the molecule is CC(=O)/C=C(/C)O.Cc1c[c]([Ge]([CH3])([CH3])[CH3])ccc1-c1cc(-c2[c-]c3ccccc3c(C(C)(C)C)c2)ncc1F.[Ir]. The second kappa shape index (κ2) is 13.4. The second-order valence-electron chi connectivity index (χ2n) is 12.1. The van der Waals surface area contributed by atoms with Crippen molar-refractivity contribution in [2.24, 2.45) is 0 Å². The van der Waals surface area contributed by atoms with Crippen molar-refractivity contribution in [3.63, 3.8) is 0 Å². The molecule has 1 N–H and O–H groups in total. The van der Waals surface area contributed by atoms with E-state index in [1.54, 1.807) is 0 Å². The number of hydrogen-bond acceptors (Lipinski definition) is 3. The van der Waals surface area contributed by atoms with E-state index < -0.39 is 13.3 Å². The van der Waals surface area contributed by atoms with Gasteiger partial charge < -0.3 is 5.11 Å². The molecule has 1 heterocycles. The summed E-state index contributed by atoms with van der Waals surface area (Å²) in [6.45, 7) is 11.6. The first kappa shape index (κ1) is 33.6. The van der Waals surface area contributed by atoms with E-state index in [0.29, 0.717) is 5.56 Å². The maximum Gasteiger partial charge on any atom is 0 e. The van der Waals surface area contributed by atoms with Crippen molar-refractivity contribution in [2.75, 3.05) is 0 Å². The molecule has 4 rings (SSSR count). The maximum atomic E-state index is 14.9. The van der Waals surface area contributed by atoms with Crippen LogP contribution in [-0.4, -0.2) is 29.1 Å². The minimum atomic E-state index is -1.94. The van der Waals surface area contributed by atoms with Crippen molar-refractivity contribution in [2.45, 2.75) is 64.2 Å². The van der Waals surface area contributed by atoms with Gasteiger partial charge in [-0.05, 0) is 13.8 Å². The van der Waals surface area contributed by atoms with E-state index in [1.165, 1.54) is 41.5 Å². The number of aliphatic hydroxyl groups excluding tert-OH is 1. The fourth-order valence-electron chi connectivity index (χ4n) is 4.51. The minimum Gasteiger partial charge on any atom is 0 e. The van der Waals surface area contributed by atoms with Gasteiger partial charge in [-0.15, -0.1) is 0 Å². The molecule has 0 spiro atoms. The van der Waals surface area contributed by atoms with E-state index >= 15 is 0 Å². The summed E-state index contributed by atoms with van der Waals surface area (Å²) in [6.07, 6.45) is 2.51. The molecule has 0 atom stereocenters. The van der Waals surface area contributed by atoms with Crippen LogP contribution in [0.2, 0.25) is 17.3 Å². The van der Waals surface area contributed by atoms with E-state index in [1.807, 2.05) is 12.1 Å². The number of aryl methyl sites for hydroxylation is 1. The number of fused-ring (bicyclic) bond motifs is 1. The number of carbonyl (C=O) groups excluding carboxylic acids is 1. The average Bonchev–Trinajstić information content (AvgIpc) is 2.82. The molecule has 0 bridgehead atoms. The molecule has 4 aromatic rings. The number of carbonyl (C=O) groups is 1. The fourth-order valence-corrected chi connectivity index (χ4v) is 7.09. The number of ketones is 1. The molecule has 0 saturated carbocycles. The van der Waals surface area contributed by atoms with Crippen LogP contribution in [0, 0.1) is 18.8 Å². The topological polar surface area (TPSA) is 50.2 Å². The second-order valence-corrected chi connectivity index (χ2v) is 22.8. The number of allylic oxidation sites excluding steroid dienone is 2. The van der Waals surface area contributed by atoms with Crippen LogP contribution in [-0.2, 0) is 30.3 Å². The number of benzene rings is 3. The number of aliphatic hydroxyl groups is 1. The van der Waals surface area contributed by atoms with E-state index in [-0.39, 0.29) is 42.9 Å². The standard InChI is InChI=1S/C29H31FGeN.C5H8O2.Ir/c1-19-14-22(31(5,6)7)12-13-23(19)25-17-28(32-18-27(25)30)21-15-20-10-8-9-11-24(20)26(16-21)29(2,3)4;1-4(6)3-5(2)7;/h8-14,16-18H,1-7H3;3,6H,1-2H3;/q-1;;/b;4-3-;. The van der Waals surface area contributed by atoms with Gasteiger partial charge in [0, 0.05) is 26.2 Å². The summed E-state index contributed by atoms with van der Waals surface area (Å²) < 4.78 is 16.4. The Morgan fingerprint density at radius 3 is 2.17 bits per heavy atom. The predicted octanol–water partition coefficient (Wildman–Crippen LogP) is 8.69. The Hall–Kier alpha value is -2.60. The molecule has 0 aliphatic rings. The van der Waals surface area contributed by atoms with Gasteiger partial charge in [0.2, 0.25) is 0 Å². The Kier molecular flexibility index (Phi) is 11.2. The zero-order valence-electron chi connectivity index (χ0n) is 24.9. The molecule has 213 valence electrons. The monoisotopic (exact) mass is 779 g/mol. The van der Waals surface area contributed by atoms with Crippen LogP contribution in [0.25, 0.3) is 33.2 Å². The first-order valence-electron chi connectivity index (χ1n) is 13.2. The summed E-state index contributed by atoms with van der Waals surface area (Å²) in [6, 6.07) is 22.4. The van der Waals surface area contributed by atoms with Crippen LogP contribution in [0.15, 0.2) is 72.6 Å². The van der Waals surface area contributed by atoms with Gasteiger partial charge in [-0.1, -0.05) is 6.07 Å². The Morgan fingerprint density at radius 2 is 1.65 bits per heavy atom. The van der Waals surface area contributed by atoms with Gasteiger partial charge in [-0.2, -0.15) is 0 Å². The van der Waals surface area contributed by atoms with Gasteiger partial charge >= 0.3 is 188 Å². The summed E-state index contributed by atoms with van der Waals surface area (Å²) >= 11 is -1.94. The van der Waals surface area contributed by atoms with Gasteiger partial charge in [0.25, 0.3) is 0 Å². The summed E-state index contributed by atoms with van der Waals surface area (Å²) in [5.41, 5.74) is 5.49. The van der Waals surface area contributed by atoms with Crippen LogP contribution >= 0.6 is 0 Å². The third kappa shape index (κ3) is 8.45. The molecule has 0 aliphatic heterocycles. The molecule has 1 aromatic heterocycles. The molecule has 0 aliphatic carbocycles. The van der Waals surface area contributed by atoms with Crippen LogP contribution in [0.4, 0.5) is 4.39 Å². The Balaban J connectivity index is 0.000000623. The van der Waals surface area contributed by atoms with Crippen LogP contribution < -0.4 is 4.40 Å². The molecule has 1 radical (unpaired) electrons. The molecule has 0 fully saturated rings. The predicted molar refractivity (Wildman–Crippen MR) is 165 cm³/mol. The molecule has 40 heavy (non-hydrogen) atoms.